The highest BCUT2D eigenvalue weighted by Crippen LogP contribution is 2.19. The number of thioether (sulfide) groups is 1. The van der Waals surface area contributed by atoms with Gasteiger partial charge in [-0.25, -0.2) is 3.11 Å². The predicted molar refractivity (Wildman–Crippen MR) is 70.4 cm³/mol. The fourth-order valence-electron chi connectivity index (χ4n) is 1.40. The molecule has 0 saturated carbocycles. The maximum atomic E-state index is 5.44. The molecule has 1 saturated heterocycles. The molecule has 13 heavy (non-hydrogen) atoms. The first-order chi connectivity index (χ1) is 6.22. The van der Waals surface area contributed by atoms with E-state index in [9.17, 15) is 0 Å². The van der Waals surface area contributed by atoms with E-state index in [1.54, 1.807) is 0 Å². The second kappa shape index (κ2) is 6.42. The van der Waals surface area contributed by atoms with Crippen LogP contribution in [0.15, 0.2) is 0 Å². The van der Waals surface area contributed by atoms with Crippen molar-refractivity contribution in [1.82, 2.24) is 3.11 Å². The quantitative estimate of drug-likeness (QED) is 0.438. The van der Waals surface area contributed by atoms with Gasteiger partial charge >= 0.3 is 0 Å². The maximum Gasteiger partial charge on any atom is 0.219 e. The molecular formula is C8H14INOS2. The SMILES string of the molecule is CSC(=S)OCC1CCCN(I)C1. The summed E-state index contributed by atoms with van der Waals surface area (Å²) in [5.74, 6) is 0.663. The lowest BCUT2D eigenvalue weighted by atomic mass is 10.0. The van der Waals surface area contributed by atoms with Gasteiger partial charge in [0.15, 0.2) is 0 Å². The summed E-state index contributed by atoms with van der Waals surface area (Å²) in [5, 5.41) is 0. The molecule has 0 radical (unpaired) electrons. The highest BCUT2D eigenvalue weighted by molar-refractivity contribution is 14.1. The van der Waals surface area contributed by atoms with Gasteiger partial charge in [-0.2, -0.15) is 0 Å². The van der Waals surface area contributed by atoms with Crippen molar-refractivity contribution in [2.45, 2.75) is 12.8 Å². The highest BCUT2D eigenvalue weighted by atomic mass is 127. The molecule has 0 aromatic heterocycles. The Balaban J connectivity index is 2.17. The number of hydrogen-bond donors (Lipinski definition) is 0. The Kier molecular flexibility index (Phi) is 5.93. The smallest absolute Gasteiger partial charge is 0.219 e. The molecule has 0 N–H and O–H groups in total. The van der Waals surface area contributed by atoms with E-state index < -0.39 is 0 Å². The van der Waals surface area contributed by atoms with Crippen LogP contribution in [0.5, 0.6) is 0 Å². The van der Waals surface area contributed by atoms with Crippen LogP contribution in [0.1, 0.15) is 12.8 Å². The van der Waals surface area contributed by atoms with Gasteiger partial charge in [0.2, 0.25) is 4.38 Å². The first-order valence-corrected chi connectivity index (χ1v) is 6.93. The second-order valence-electron chi connectivity index (χ2n) is 3.14. The minimum Gasteiger partial charge on any atom is -0.478 e. The van der Waals surface area contributed by atoms with Gasteiger partial charge in [-0.15, -0.1) is 0 Å². The Morgan fingerprint density at radius 3 is 3.15 bits per heavy atom. The summed E-state index contributed by atoms with van der Waals surface area (Å²) in [7, 11) is 0. The highest BCUT2D eigenvalue weighted by Gasteiger charge is 2.18. The molecule has 0 bridgehead atoms. The molecule has 1 aliphatic rings. The van der Waals surface area contributed by atoms with Crippen molar-refractivity contribution in [3.05, 3.63) is 0 Å². The third kappa shape index (κ3) is 4.80. The zero-order valence-corrected chi connectivity index (χ0v) is 11.5. The van der Waals surface area contributed by atoms with Crippen LogP contribution in [0.2, 0.25) is 0 Å². The van der Waals surface area contributed by atoms with Crippen LogP contribution in [0.25, 0.3) is 0 Å². The summed E-state index contributed by atoms with van der Waals surface area (Å²) in [6, 6.07) is 0. The van der Waals surface area contributed by atoms with E-state index in [0.29, 0.717) is 10.3 Å². The van der Waals surface area contributed by atoms with Gasteiger partial charge in [-0.1, -0.05) is 11.8 Å². The first kappa shape index (κ1) is 12.0. The topological polar surface area (TPSA) is 12.5 Å². The molecular weight excluding hydrogens is 317 g/mol. The van der Waals surface area contributed by atoms with Gasteiger partial charge in [-0.3, -0.25) is 0 Å². The zero-order chi connectivity index (χ0) is 9.68. The lowest BCUT2D eigenvalue weighted by Crippen LogP contribution is -2.30. The van der Waals surface area contributed by atoms with Crippen LogP contribution < -0.4 is 0 Å². The molecule has 1 fully saturated rings. The van der Waals surface area contributed by atoms with Crippen molar-refractivity contribution in [3.63, 3.8) is 0 Å². The van der Waals surface area contributed by atoms with Crippen LogP contribution in [-0.4, -0.2) is 33.4 Å². The lowest BCUT2D eigenvalue weighted by Gasteiger charge is -2.27. The lowest BCUT2D eigenvalue weighted by molar-refractivity contribution is 0.193. The summed E-state index contributed by atoms with van der Waals surface area (Å²) in [6.45, 7) is 3.14. The molecule has 0 spiro atoms. The molecule has 0 amide bonds. The normalized spacial score (nSPS) is 24.3. The van der Waals surface area contributed by atoms with Crippen molar-refractivity contribution in [3.8, 4) is 0 Å². The minimum absolute atomic E-state index is 0.663. The Bertz CT molecular complexity index is 180. The minimum atomic E-state index is 0.663. The summed E-state index contributed by atoms with van der Waals surface area (Å²) in [4.78, 5) is 0. The van der Waals surface area contributed by atoms with Crippen molar-refractivity contribution < 1.29 is 4.74 Å². The molecule has 5 heteroatoms. The van der Waals surface area contributed by atoms with E-state index >= 15 is 0 Å². The molecule has 2 nitrogen and oxygen atoms in total. The Labute approximate surface area is 103 Å². The monoisotopic (exact) mass is 331 g/mol. The number of piperidine rings is 1. The van der Waals surface area contributed by atoms with E-state index in [-0.39, 0.29) is 0 Å². The predicted octanol–water partition coefficient (Wildman–Crippen LogP) is 2.71. The van der Waals surface area contributed by atoms with Crippen LogP contribution in [0.4, 0.5) is 0 Å². The van der Waals surface area contributed by atoms with Gasteiger partial charge in [0.1, 0.15) is 0 Å². The van der Waals surface area contributed by atoms with Crippen LogP contribution in [0.3, 0.4) is 0 Å². The number of halogens is 1. The third-order valence-corrected chi connectivity index (χ3v) is 4.02. The number of nitrogens with zero attached hydrogens (tertiary/aromatic N) is 1. The van der Waals surface area contributed by atoms with E-state index in [1.165, 1.54) is 31.1 Å². The number of ether oxygens (including phenoxy) is 1. The molecule has 1 heterocycles. The average molecular weight is 331 g/mol. The number of rotatable bonds is 2. The Morgan fingerprint density at radius 2 is 2.54 bits per heavy atom. The average Bonchev–Trinajstić information content (AvgIpc) is 2.14. The molecule has 1 rings (SSSR count). The van der Waals surface area contributed by atoms with Crippen LogP contribution in [0, 0.1) is 5.92 Å². The fourth-order valence-corrected chi connectivity index (χ4v) is 2.55. The van der Waals surface area contributed by atoms with Gasteiger partial charge in [0.25, 0.3) is 0 Å². The molecule has 1 aliphatic heterocycles. The molecule has 0 aromatic carbocycles. The first-order valence-electron chi connectivity index (χ1n) is 4.34. The summed E-state index contributed by atoms with van der Waals surface area (Å²) >= 11 is 8.86. The van der Waals surface area contributed by atoms with E-state index in [1.807, 2.05) is 6.26 Å². The number of hydrogen-bond acceptors (Lipinski definition) is 4. The molecule has 0 aliphatic carbocycles. The standard InChI is InChI=1S/C8H14INOS2/c1-13-8(12)11-6-7-3-2-4-10(9)5-7/h7H,2-6H2,1H3. The Morgan fingerprint density at radius 1 is 1.77 bits per heavy atom. The fraction of sp³-hybridized carbons (Fsp3) is 0.875. The largest absolute Gasteiger partial charge is 0.478 e. The van der Waals surface area contributed by atoms with Crippen molar-refractivity contribution in [2.75, 3.05) is 26.0 Å². The molecule has 1 unspecified atom stereocenters. The Hall–Kier alpha value is 0.930. The maximum absolute atomic E-state index is 5.44. The van der Waals surface area contributed by atoms with Gasteiger partial charge in [0.05, 0.1) is 6.61 Å². The summed E-state index contributed by atoms with van der Waals surface area (Å²) < 4.78 is 8.45. The van der Waals surface area contributed by atoms with Gasteiger partial charge < -0.3 is 4.74 Å². The molecule has 0 aromatic rings. The zero-order valence-electron chi connectivity index (χ0n) is 7.66. The van der Waals surface area contributed by atoms with E-state index in [4.69, 9.17) is 17.0 Å². The van der Waals surface area contributed by atoms with E-state index in [0.717, 1.165) is 13.2 Å². The third-order valence-electron chi connectivity index (χ3n) is 2.07. The summed E-state index contributed by atoms with van der Waals surface area (Å²) in [5.41, 5.74) is 0. The number of thiocarbonyl (C=S) groups is 1. The summed E-state index contributed by atoms with van der Waals surface area (Å²) in [6.07, 6.45) is 4.51. The van der Waals surface area contributed by atoms with Crippen molar-refractivity contribution in [1.29, 1.82) is 0 Å². The van der Waals surface area contributed by atoms with Crippen molar-refractivity contribution in [2.24, 2.45) is 5.92 Å². The molecule has 1 atom stereocenters. The second-order valence-corrected chi connectivity index (χ2v) is 5.91. The van der Waals surface area contributed by atoms with Gasteiger partial charge in [0, 0.05) is 41.9 Å². The molecule has 76 valence electrons. The van der Waals surface area contributed by atoms with Crippen LogP contribution in [-0.2, 0) is 4.74 Å². The van der Waals surface area contributed by atoms with Gasteiger partial charge in [-0.05, 0) is 31.3 Å². The van der Waals surface area contributed by atoms with E-state index in [2.05, 4.69) is 26.0 Å². The van der Waals surface area contributed by atoms with Crippen molar-refractivity contribution >= 4 is 51.2 Å². The van der Waals surface area contributed by atoms with Crippen LogP contribution >= 0.6 is 46.8 Å².